The minimum absolute atomic E-state index is 0.148. The Morgan fingerprint density at radius 2 is 0.923 bits per heavy atom. The van der Waals surface area contributed by atoms with Gasteiger partial charge in [-0.05, 0) is 50.7 Å². The Morgan fingerprint density at radius 1 is 0.538 bits per heavy atom. The van der Waals surface area contributed by atoms with Crippen LogP contribution in [0.3, 0.4) is 0 Å². The zero-order chi connectivity index (χ0) is 47.6. The molecule has 0 aromatic carbocycles. The predicted octanol–water partition coefficient (Wildman–Crippen LogP) is 11.9. The largest absolute Gasteiger partial charge is 0.462 e. The summed E-state index contributed by atoms with van der Waals surface area (Å²) in [5.74, 6) is -1.99. The lowest BCUT2D eigenvalue weighted by atomic mass is 10.00. The van der Waals surface area contributed by atoms with Crippen molar-refractivity contribution >= 4 is 22.1 Å². The number of aliphatic hydroxyl groups excluding tert-OH is 3. The second kappa shape index (κ2) is 42.3. The lowest BCUT2D eigenvalue weighted by Crippen LogP contribution is -2.60. The van der Waals surface area contributed by atoms with Crippen LogP contribution in [0.2, 0.25) is 0 Å². The van der Waals surface area contributed by atoms with Crippen LogP contribution in [0.5, 0.6) is 0 Å². The summed E-state index contributed by atoms with van der Waals surface area (Å²) < 4.78 is 54.2. The van der Waals surface area contributed by atoms with Gasteiger partial charge >= 0.3 is 11.9 Å². The third-order valence-electron chi connectivity index (χ3n) is 12.4. The van der Waals surface area contributed by atoms with Crippen LogP contribution in [-0.4, -0.2) is 96.0 Å². The second-order valence-corrected chi connectivity index (χ2v) is 20.1. The molecule has 1 aliphatic rings. The molecule has 1 saturated heterocycles. The molecular weight excluding hydrogens is 849 g/mol. The van der Waals surface area contributed by atoms with Crippen molar-refractivity contribution in [3.05, 3.63) is 17.9 Å². The van der Waals surface area contributed by atoms with E-state index in [1.807, 2.05) is 0 Å². The first kappa shape index (κ1) is 61.2. The van der Waals surface area contributed by atoms with Gasteiger partial charge in [0.05, 0.1) is 6.61 Å². The molecule has 0 radical (unpaired) electrons. The molecule has 0 aromatic heterocycles. The molecule has 1 fully saturated rings. The summed E-state index contributed by atoms with van der Waals surface area (Å²) in [5.41, 5.74) is 3.28. The van der Waals surface area contributed by atoms with Crippen LogP contribution in [-0.2, 0) is 38.7 Å². The van der Waals surface area contributed by atoms with E-state index >= 15 is 0 Å². The van der Waals surface area contributed by atoms with E-state index in [0.29, 0.717) is 12.8 Å². The van der Waals surface area contributed by atoms with Crippen molar-refractivity contribution in [1.29, 1.82) is 0 Å². The van der Waals surface area contributed by atoms with Crippen molar-refractivity contribution in [2.24, 2.45) is 0 Å². The van der Waals surface area contributed by atoms with E-state index in [-0.39, 0.29) is 19.4 Å². The Balaban J connectivity index is 2.33. The highest BCUT2D eigenvalue weighted by atomic mass is 32.2. The van der Waals surface area contributed by atoms with Gasteiger partial charge in [-0.25, -0.2) is 0 Å². The molecule has 0 saturated carbocycles. The van der Waals surface area contributed by atoms with Crippen LogP contribution in [0.25, 0.3) is 0 Å². The average molecular weight is 945 g/mol. The first-order valence-electron chi connectivity index (χ1n) is 26.5. The van der Waals surface area contributed by atoms with Gasteiger partial charge in [0.15, 0.2) is 12.4 Å². The molecule has 4 N–H and O–H groups in total. The molecule has 0 aromatic rings. The molecule has 12 nitrogen and oxygen atoms in total. The molecule has 0 bridgehead atoms. The number of ether oxygens (including phenoxy) is 4. The van der Waals surface area contributed by atoms with Crippen LogP contribution in [0.1, 0.15) is 245 Å². The van der Waals surface area contributed by atoms with Gasteiger partial charge < -0.3 is 34.3 Å². The highest BCUT2D eigenvalue weighted by molar-refractivity contribution is 7.85. The zero-order valence-corrected chi connectivity index (χ0v) is 42.0. The number of rotatable bonds is 45. The molecule has 6 atom stereocenters. The fourth-order valence-corrected chi connectivity index (χ4v) is 8.94. The number of hydrogen-bond acceptors (Lipinski definition) is 11. The number of carbonyl (C=O) groups is 2. The molecule has 1 rings (SSSR count). The van der Waals surface area contributed by atoms with Crippen LogP contribution in [0, 0.1) is 0 Å². The number of allylic oxidation sites excluding steroid dienone is 1. The summed E-state index contributed by atoms with van der Waals surface area (Å²) in [6.45, 7) is 3.77. The number of carbonyl (C=O) groups excluding carboxylic acids is 2. The van der Waals surface area contributed by atoms with Crippen LogP contribution >= 0.6 is 0 Å². The third kappa shape index (κ3) is 36.8. The van der Waals surface area contributed by atoms with Gasteiger partial charge in [-0.3, -0.25) is 14.1 Å². The summed E-state index contributed by atoms with van der Waals surface area (Å²) in [6.07, 6.45) is 36.1. The maximum absolute atomic E-state index is 12.8. The summed E-state index contributed by atoms with van der Waals surface area (Å²) in [4.78, 5) is 25.5. The second-order valence-electron chi connectivity index (χ2n) is 18.7. The molecule has 0 spiro atoms. The minimum atomic E-state index is -4.61. The molecule has 1 heterocycles. The van der Waals surface area contributed by atoms with E-state index < -0.39 is 71.2 Å². The fourth-order valence-electron chi connectivity index (χ4n) is 8.24. The normalized spacial score (nSPS) is 19.1. The SMILES string of the molecule is CCCCCCCC=C=CCCCCCCCC(=O)O[C@H](COC(=O)CCCCCCCCCCCCCCCCCCCCCCCC)CO[C@H]1O[C@H](CS(=O)(=O)O)[C@@H](O)C(O)C1O. The van der Waals surface area contributed by atoms with Gasteiger partial charge in [-0.1, -0.05) is 194 Å². The highest BCUT2D eigenvalue weighted by Gasteiger charge is 2.46. The summed E-state index contributed by atoms with van der Waals surface area (Å²) >= 11 is 0. The van der Waals surface area contributed by atoms with Gasteiger partial charge in [-0.2, -0.15) is 8.42 Å². The fraction of sp³-hybridized carbons (Fsp3) is 0.904. The van der Waals surface area contributed by atoms with Crippen molar-refractivity contribution in [3.63, 3.8) is 0 Å². The van der Waals surface area contributed by atoms with Crippen molar-refractivity contribution in [1.82, 2.24) is 0 Å². The lowest BCUT2D eigenvalue weighted by Gasteiger charge is -2.40. The van der Waals surface area contributed by atoms with Crippen molar-refractivity contribution in [3.8, 4) is 0 Å². The topological polar surface area (TPSA) is 186 Å². The first-order chi connectivity index (χ1) is 31.5. The maximum atomic E-state index is 12.8. The minimum Gasteiger partial charge on any atom is -0.462 e. The lowest BCUT2D eigenvalue weighted by molar-refractivity contribution is -0.297. The third-order valence-corrected chi connectivity index (χ3v) is 13.1. The van der Waals surface area contributed by atoms with Gasteiger partial charge in [0.25, 0.3) is 10.1 Å². The number of esters is 2. The van der Waals surface area contributed by atoms with Gasteiger partial charge in [0, 0.05) is 12.8 Å². The Morgan fingerprint density at radius 3 is 1.34 bits per heavy atom. The molecule has 65 heavy (non-hydrogen) atoms. The van der Waals surface area contributed by atoms with E-state index in [2.05, 4.69) is 31.7 Å². The maximum Gasteiger partial charge on any atom is 0.306 e. The van der Waals surface area contributed by atoms with E-state index in [9.17, 15) is 37.9 Å². The Hall–Kier alpha value is -1.83. The summed E-state index contributed by atoms with van der Waals surface area (Å²) in [6, 6.07) is 0. The summed E-state index contributed by atoms with van der Waals surface area (Å²) in [5, 5.41) is 31.0. The highest BCUT2D eigenvalue weighted by Crippen LogP contribution is 2.24. The van der Waals surface area contributed by atoms with E-state index in [1.54, 1.807) is 0 Å². The summed E-state index contributed by atoms with van der Waals surface area (Å²) in [7, 11) is -4.61. The van der Waals surface area contributed by atoms with Crippen molar-refractivity contribution < 1.29 is 56.8 Å². The Labute approximate surface area is 396 Å². The quantitative estimate of drug-likeness (QED) is 0.0196. The number of aliphatic hydroxyl groups is 3. The number of unbranched alkanes of at least 4 members (excludes halogenated alkanes) is 31. The van der Waals surface area contributed by atoms with Crippen LogP contribution < -0.4 is 0 Å². The average Bonchev–Trinajstić information content (AvgIpc) is 3.27. The van der Waals surface area contributed by atoms with E-state index in [0.717, 1.165) is 57.8 Å². The predicted molar refractivity (Wildman–Crippen MR) is 260 cm³/mol. The van der Waals surface area contributed by atoms with Gasteiger partial charge in [0.1, 0.15) is 36.8 Å². The Kier molecular flexibility index (Phi) is 39.8. The monoisotopic (exact) mass is 945 g/mol. The molecule has 1 aliphatic heterocycles. The standard InChI is InChI=1S/C52H96O12S/c1-3-5-7-9-11-13-15-17-19-20-21-22-23-24-25-27-28-30-32-34-36-38-40-47(53)61-42-45(43-62-52-51(57)50(56)49(55)46(64-52)44-65(58,59)60)63-48(54)41-39-37-35-33-31-29-26-18-16-14-12-10-8-6-4-2/h16,26,45-46,49-52,55-57H,3-15,17,19-25,27-44H2,1-2H3,(H,58,59,60)/t18?,45-,46-,49-,50?,51?,52+/m1/s1. The van der Waals surface area contributed by atoms with Crippen molar-refractivity contribution in [2.45, 2.75) is 282 Å². The molecule has 382 valence electrons. The van der Waals surface area contributed by atoms with Gasteiger partial charge in [0.2, 0.25) is 0 Å². The smallest absolute Gasteiger partial charge is 0.306 e. The van der Waals surface area contributed by atoms with E-state index in [1.165, 1.54) is 148 Å². The first-order valence-corrected chi connectivity index (χ1v) is 28.1. The van der Waals surface area contributed by atoms with Crippen LogP contribution in [0.15, 0.2) is 17.9 Å². The van der Waals surface area contributed by atoms with Gasteiger partial charge in [-0.15, -0.1) is 5.73 Å². The van der Waals surface area contributed by atoms with Crippen molar-refractivity contribution in [2.75, 3.05) is 19.0 Å². The molecular formula is C52H96O12S. The molecule has 2 unspecified atom stereocenters. The van der Waals surface area contributed by atoms with E-state index in [4.69, 9.17) is 18.9 Å². The van der Waals surface area contributed by atoms with Crippen LogP contribution in [0.4, 0.5) is 0 Å². The molecule has 0 amide bonds. The molecule has 13 heteroatoms. The number of hydrogen-bond donors (Lipinski definition) is 4. The zero-order valence-electron chi connectivity index (χ0n) is 41.2. The Bertz CT molecular complexity index is 1300. The molecule has 0 aliphatic carbocycles.